The number of nitrogens with two attached hydrogens (primary N) is 1. The summed E-state index contributed by atoms with van der Waals surface area (Å²) in [7, 11) is 0. The number of carbonyl (C=O) groups is 1. The van der Waals surface area contributed by atoms with E-state index in [0.717, 1.165) is 21.8 Å². The van der Waals surface area contributed by atoms with Gasteiger partial charge in [-0.05, 0) is 36.1 Å². The maximum Gasteiger partial charge on any atom is 0.321 e. The second kappa shape index (κ2) is 8.39. The number of piperazine rings is 1. The van der Waals surface area contributed by atoms with Crippen molar-refractivity contribution in [3.63, 3.8) is 0 Å². The third kappa shape index (κ3) is 4.04. The van der Waals surface area contributed by atoms with Crippen molar-refractivity contribution in [2.75, 3.05) is 42.1 Å². The van der Waals surface area contributed by atoms with Crippen LogP contribution in [0.5, 0.6) is 0 Å². The van der Waals surface area contributed by atoms with E-state index in [-0.39, 0.29) is 12.0 Å². The predicted octanol–water partition coefficient (Wildman–Crippen LogP) is 3.39. The summed E-state index contributed by atoms with van der Waals surface area (Å²) in [5.74, 6) is 0.808. The molecule has 0 radical (unpaired) electrons. The van der Waals surface area contributed by atoms with E-state index in [1.54, 1.807) is 22.4 Å². The van der Waals surface area contributed by atoms with E-state index >= 15 is 0 Å². The van der Waals surface area contributed by atoms with Gasteiger partial charge < -0.3 is 20.9 Å². The molecule has 1 aliphatic heterocycles. The molecule has 5 rings (SSSR count). The van der Waals surface area contributed by atoms with Crippen LogP contribution in [0.15, 0.2) is 48.0 Å². The molecule has 10 heteroatoms. The van der Waals surface area contributed by atoms with Crippen LogP contribution in [-0.4, -0.2) is 57.0 Å². The molecule has 1 aromatic carbocycles. The highest BCUT2D eigenvalue weighted by Crippen LogP contribution is 2.28. The Morgan fingerprint density at radius 1 is 1.09 bits per heavy atom. The number of rotatable bonds is 3. The number of carbonyl (C=O) groups excluding carboxylic acids is 1. The number of hydrogen-bond acceptors (Lipinski definition) is 8. The van der Waals surface area contributed by atoms with Crippen molar-refractivity contribution in [1.29, 1.82) is 0 Å². The lowest BCUT2D eigenvalue weighted by molar-refractivity contribution is 0.208. The number of hydrogen-bond donors (Lipinski definition) is 2. The number of aryl methyl sites for hydroxylation is 1. The number of amides is 2. The Hall–Kier alpha value is -3.79. The van der Waals surface area contributed by atoms with E-state index in [0.29, 0.717) is 43.2 Å². The summed E-state index contributed by atoms with van der Waals surface area (Å²) >= 11 is 1.60. The van der Waals surface area contributed by atoms with Crippen LogP contribution in [0.3, 0.4) is 0 Å². The zero-order chi connectivity index (χ0) is 22.1. The minimum atomic E-state index is -0.109. The molecule has 2 amide bonds. The number of nitrogen functional groups attached to an aromatic ring is 1. The average Bonchev–Trinajstić information content (AvgIpc) is 3.33. The molecule has 1 saturated heterocycles. The zero-order valence-corrected chi connectivity index (χ0v) is 18.3. The Labute approximate surface area is 189 Å². The predicted molar refractivity (Wildman–Crippen MR) is 127 cm³/mol. The molecule has 0 spiro atoms. The molecular formula is C22H22N8OS. The third-order valence-corrected chi connectivity index (χ3v) is 6.21. The van der Waals surface area contributed by atoms with Crippen LogP contribution in [0.25, 0.3) is 21.7 Å². The molecule has 0 unspecified atom stereocenters. The molecule has 4 aromatic rings. The van der Waals surface area contributed by atoms with Crippen LogP contribution < -0.4 is 16.0 Å². The van der Waals surface area contributed by atoms with Crippen LogP contribution in [0.2, 0.25) is 0 Å². The molecular weight excluding hydrogens is 424 g/mol. The number of nitrogens with zero attached hydrogens (tertiary/aromatic N) is 6. The van der Waals surface area contributed by atoms with Gasteiger partial charge in [0.1, 0.15) is 0 Å². The maximum atomic E-state index is 12.7. The summed E-state index contributed by atoms with van der Waals surface area (Å²) in [6.45, 7) is 4.33. The highest BCUT2D eigenvalue weighted by atomic mass is 32.1. The van der Waals surface area contributed by atoms with Gasteiger partial charge >= 0.3 is 6.03 Å². The van der Waals surface area contributed by atoms with Gasteiger partial charge in [0, 0.05) is 31.9 Å². The van der Waals surface area contributed by atoms with E-state index in [4.69, 9.17) is 10.7 Å². The second-order valence-corrected chi connectivity index (χ2v) is 8.53. The number of benzene rings is 1. The molecule has 162 valence electrons. The van der Waals surface area contributed by atoms with Crippen LogP contribution in [-0.2, 0) is 0 Å². The fourth-order valence-corrected chi connectivity index (χ4v) is 4.40. The van der Waals surface area contributed by atoms with Gasteiger partial charge in [-0.25, -0.2) is 14.8 Å². The molecule has 0 aliphatic carbocycles. The number of thiophene rings is 1. The number of aromatic nitrogens is 4. The van der Waals surface area contributed by atoms with E-state index in [1.807, 2.05) is 48.7 Å². The van der Waals surface area contributed by atoms with Gasteiger partial charge in [0.25, 0.3) is 0 Å². The smallest absolute Gasteiger partial charge is 0.321 e. The first kappa shape index (κ1) is 20.1. The van der Waals surface area contributed by atoms with Crippen molar-refractivity contribution < 1.29 is 4.79 Å². The lowest BCUT2D eigenvalue weighted by atomic mass is 10.2. The molecule has 1 fully saturated rings. The van der Waals surface area contributed by atoms with Crippen LogP contribution in [0, 0.1) is 6.92 Å². The molecule has 3 aromatic heterocycles. The minimum Gasteiger partial charge on any atom is -0.368 e. The Kier molecular flexibility index (Phi) is 5.28. The molecule has 3 N–H and O–H groups in total. The first-order valence-electron chi connectivity index (χ1n) is 10.3. The van der Waals surface area contributed by atoms with Crippen molar-refractivity contribution in [2.24, 2.45) is 0 Å². The van der Waals surface area contributed by atoms with E-state index < -0.39 is 0 Å². The standard InChI is InChI=1S/C22H22N8OS/c1-14-4-2-5-15(12-14)25-22(31)30-9-7-29(8-10-30)20-18-19(27-21(23)28-20)24-13-16(26-18)17-6-3-11-32-17/h2-6,11-13H,7-10H2,1H3,(H,25,31)(H2,23,24,27,28). The lowest BCUT2D eigenvalue weighted by Crippen LogP contribution is -2.50. The van der Waals surface area contributed by atoms with Crippen molar-refractivity contribution in [3.05, 3.63) is 53.5 Å². The summed E-state index contributed by atoms with van der Waals surface area (Å²) in [5.41, 5.74) is 9.70. The zero-order valence-electron chi connectivity index (χ0n) is 17.5. The Bertz CT molecular complexity index is 1270. The summed E-state index contributed by atoms with van der Waals surface area (Å²) < 4.78 is 0. The first-order chi connectivity index (χ1) is 15.6. The van der Waals surface area contributed by atoms with Gasteiger partial charge in [-0.15, -0.1) is 11.3 Å². The molecule has 32 heavy (non-hydrogen) atoms. The lowest BCUT2D eigenvalue weighted by Gasteiger charge is -2.35. The SMILES string of the molecule is Cc1cccc(NC(=O)N2CCN(c3nc(N)nc4ncc(-c5cccs5)nc34)CC2)c1. The number of nitrogens with one attached hydrogen (secondary N) is 1. The Morgan fingerprint density at radius 3 is 2.69 bits per heavy atom. The third-order valence-electron chi connectivity index (χ3n) is 5.32. The summed E-state index contributed by atoms with van der Waals surface area (Å²) in [6.07, 6.45) is 1.71. The van der Waals surface area contributed by atoms with Crippen molar-refractivity contribution in [3.8, 4) is 10.6 Å². The van der Waals surface area contributed by atoms with Crippen molar-refractivity contribution >= 4 is 46.0 Å². The number of urea groups is 1. The maximum absolute atomic E-state index is 12.7. The van der Waals surface area contributed by atoms with Gasteiger partial charge in [-0.3, -0.25) is 0 Å². The highest BCUT2D eigenvalue weighted by molar-refractivity contribution is 7.13. The molecule has 4 heterocycles. The molecule has 9 nitrogen and oxygen atoms in total. The van der Waals surface area contributed by atoms with E-state index in [1.165, 1.54) is 0 Å². The molecule has 0 bridgehead atoms. The van der Waals surface area contributed by atoms with Crippen LogP contribution >= 0.6 is 11.3 Å². The van der Waals surface area contributed by atoms with E-state index in [2.05, 4.69) is 25.2 Å². The quantitative estimate of drug-likeness (QED) is 0.496. The summed E-state index contributed by atoms with van der Waals surface area (Å²) in [5, 5.41) is 4.97. The number of fused-ring (bicyclic) bond motifs is 1. The average molecular weight is 447 g/mol. The van der Waals surface area contributed by atoms with Crippen LogP contribution in [0.1, 0.15) is 5.56 Å². The largest absolute Gasteiger partial charge is 0.368 e. The summed E-state index contributed by atoms with van der Waals surface area (Å²) in [4.78, 5) is 35.6. The minimum absolute atomic E-state index is 0.109. The molecule has 1 aliphatic rings. The Balaban J connectivity index is 1.35. The fraction of sp³-hybridized carbons (Fsp3) is 0.227. The highest BCUT2D eigenvalue weighted by Gasteiger charge is 2.25. The van der Waals surface area contributed by atoms with Crippen molar-refractivity contribution in [2.45, 2.75) is 6.92 Å². The van der Waals surface area contributed by atoms with Gasteiger partial charge in [0.2, 0.25) is 5.95 Å². The monoisotopic (exact) mass is 446 g/mol. The topological polar surface area (TPSA) is 113 Å². The van der Waals surface area contributed by atoms with E-state index in [9.17, 15) is 4.79 Å². The second-order valence-electron chi connectivity index (χ2n) is 7.58. The number of anilines is 3. The summed E-state index contributed by atoms with van der Waals surface area (Å²) in [6, 6.07) is 11.6. The van der Waals surface area contributed by atoms with Gasteiger partial charge in [-0.1, -0.05) is 18.2 Å². The Morgan fingerprint density at radius 2 is 1.94 bits per heavy atom. The normalized spacial score (nSPS) is 14.0. The fourth-order valence-electron chi connectivity index (χ4n) is 3.72. The first-order valence-corrected chi connectivity index (χ1v) is 11.2. The molecule has 0 atom stereocenters. The van der Waals surface area contributed by atoms with Gasteiger partial charge in [0.15, 0.2) is 17.0 Å². The van der Waals surface area contributed by atoms with Crippen molar-refractivity contribution in [1.82, 2.24) is 24.8 Å². The van der Waals surface area contributed by atoms with Gasteiger partial charge in [-0.2, -0.15) is 9.97 Å². The van der Waals surface area contributed by atoms with Crippen LogP contribution in [0.4, 0.5) is 22.2 Å². The molecule has 0 saturated carbocycles. The van der Waals surface area contributed by atoms with Gasteiger partial charge in [0.05, 0.1) is 16.8 Å².